The number of alkyl halides is 3. The van der Waals surface area contributed by atoms with Crippen LogP contribution < -0.4 is 10.3 Å². The fourth-order valence-electron chi connectivity index (χ4n) is 2.25. The van der Waals surface area contributed by atoms with E-state index in [0.29, 0.717) is 11.3 Å². The lowest BCUT2D eigenvalue weighted by Crippen LogP contribution is -2.16. The molecule has 0 radical (unpaired) electrons. The predicted molar refractivity (Wildman–Crippen MR) is 82.0 cm³/mol. The zero-order chi connectivity index (χ0) is 17.3. The number of halogens is 3. The highest BCUT2D eigenvalue weighted by atomic mass is 19.4. The highest BCUT2D eigenvalue weighted by molar-refractivity contribution is 5.40. The van der Waals surface area contributed by atoms with E-state index in [-0.39, 0.29) is 17.9 Å². The highest BCUT2D eigenvalue weighted by Gasteiger charge is 2.30. The molecular weight excluding hydrogens is 321 g/mol. The van der Waals surface area contributed by atoms with E-state index in [2.05, 4.69) is 4.98 Å². The minimum Gasteiger partial charge on any atom is -0.487 e. The molecule has 24 heavy (non-hydrogen) atoms. The van der Waals surface area contributed by atoms with Gasteiger partial charge in [0.05, 0.1) is 11.3 Å². The first-order valence-corrected chi connectivity index (χ1v) is 7.12. The van der Waals surface area contributed by atoms with E-state index >= 15 is 0 Å². The molecule has 0 saturated carbocycles. The molecule has 0 fully saturated rings. The first kappa shape index (κ1) is 16.0. The summed E-state index contributed by atoms with van der Waals surface area (Å²) in [5.41, 5.74) is 0.657. The third-order valence-electron chi connectivity index (χ3n) is 3.41. The molecule has 0 unspecified atom stereocenters. The SMILES string of the molecule is Cc1ccc2nc(COc3cccc(C(F)(F)F)c3)cc(=O)n2c1. The number of aryl methyl sites for hydroxylation is 1. The van der Waals surface area contributed by atoms with Crippen LogP contribution in [0.1, 0.15) is 16.8 Å². The molecule has 0 amide bonds. The largest absolute Gasteiger partial charge is 0.487 e. The first-order valence-electron chi connectivity index (χ1n) is 7.12. The van der Waals surface area contributed by atoms with E-state index in [1.54, 1.807) is 12.3 Å². The topological polar surface area (TPSA) is 43.6 Å². The van der Waals surface area contributed by atoms with Gasteiger partial charge in [0, 0.05) is 12.3 Å². The van der Waals surface area contributed by atoms with Crippen LogP contribution in [0.25, 0.3) is 5.65 Å². The molecule has 0 saturated heterocycles. The summed E-state index contributed by atoms with van der Waals surface area (Å²) in [7, 11) is 0. The maximum Gasteiger partial charge on any atom is 0.416 e. The Bertz CT molecular complexity index is 948. The van der Waals surface area contributed by atoms with Crippen molar-refractivity contribution in [1.82, 2.24) is 9.38 Å². The smallest absolute Gasteiger partial charge is 0.416 e. The minimum atomic E-state index is -4.43. The third kappa shape index (κ3) is 3.40. The Labute approximate surface area is 135 Å². The van der Waals surface area contributed by atoms with Crippen LogP contribution in [-0.2, 0) is 12.8 Å². The van der Waals surface area contributed by atoms with Crippen LogP contribution in [0.2, 0.25) is 0 Å². The van der Waals surface area contributed by atoms with Crippen molar-refractivity contribution in [3.05, 3.63) is 75.8 Å². The lowest BCUT2D eigenvalue weighted by molar-refractivity contribution is -0.137. The molecule has 3 rings (SSSR count). The molecule has 4 nitrogen and oxygen atoms in total. The van der Waals surface area contributed by atoms with Crippen molar-refractivity contribution in [3.8, 4) is 5.75 Å². The number of ether oxygens (including phenoxy) is 1. The van der Waals surface area contributed by atoms with Crippen LogP contribution in [0.5, 0.6) is 5.75 Å². The van der Waals surface area contributed by atoms with Crippen molar-refractivity contribution in [1.29, 1.82) is 0 Å². The Balaban J connectivity index is 1.84. The molecule has 0 aliphatic heterocycles. The summed E-state index contributed by atoms with van der Waals surface area (Å²) in [6.45, 7) is 1.76. The molecule has 7 heteroatoms. The number of rotatable bonds is 3. The Hall–Kier alpha value is -2.83. The maximum absolute atomic E-state index is 12.7. The van der Waals surface area contributed by atoms with E-state index in [1.807, 2.05) is 13.0 Å². The summed E-state index contributed by atoms with van der Waals surface area (Å²) in [6, 6.07) is 9.40. The molecule has 0 aliphatic carbocycles. The summed E-state index contributed by atoms with van der Waals surface area (Å²) in [4.78, 5) is 16.3. The van der Waals surface area contributed by atoms with Crippen LogP contribution in [0, 0.1) is 6.92 Å². The van der Waals surface area contributed by atoms with Gasteiger partial charge in [-0.2, -0.15) is 13.2 Å². The van der Waals surface area contributed by atoms with Crippen molar-refractivity contribution in [2.24, 2.45) is 0 Å². The van der Waals surface area contributed by atoms with Crippen molar-refractivity contribution in [2.45, 2.75) is 19.7 Å². The molecule has 3 aromatic rings. The Kier molecular flexibility index (Phi) is 4.01. The second-order valence-electron chi connectivity index (χ2n) is 5.33. The number of fused-ring (bicyclic) bond motifs is 1. The lowest BCUT2D eigenvalue weighted by Gasteiger charge is -2.10. The molecule has 0 bridgehead atoms. The van der Waals surface area contributed by atoms with Gasteiger partial charge in [0.15, 0.2) is 0 Å². The standard InChI is InChI=1S/C17H13F3N2O2/c1-11-5-6-15-21-13(8-16(23)22(15)9-11)10-24-14-4-2-3-12(7-14)17(18,19)20/h2-9H,10H2,1H3. The third-order valence-corrected chi connectivity index (χ3v) is 3.41. The molecule has 0 spiro atoms. The summed E-state index contributed by atoms with van der Waals surface area (Å²) in [5.74, 6) is 0.0655. The summed E-state index contributed by atoms with van der Waals surface area (Å²) in [6.07, 6.45) is -2.76. The Morgan fingerprint density at radius 2 is 1.96 bits per heavy atom. The number of benzene rings is 1. The lowest BCUT2D eigenvalue weighted by atomic mass is 10.2. The van der Waals surface area contributed by atoms with Crippen molar-refractivity contribution in [3.63, 3.8) is 0 Å². The van der Waals surface area contributed by atoms with E-state index in [9.17, 15) is 18.0 Å². The molecule has 124 valence electrons. The molecule has 1 aromatic carbocycles. The highest BCUT2D eigenvalue weighted by Crippen LogP contribution is 2.31. The van der Waals surface area contributed by atoms with E-state index in [1.165, 1.54) is 22.6 Å². The molecular formula is C17H13F3N2O2. The van der Waals surface area contributed by atoms with Gasteiger partial charge in [0.25, 0.3) is 5.56 Å². The maximum atomic E-state index is 12.7. The van der Waals surface area contributed by atoms with Crippen LogP contribution in [-0.4, -0.2) is 9.38 Å². The van der Waals surface area contributed by atoms with E-state index < -0.39 is 11.7 Å². The molecule has 0 N–H and O–H groups in total. The second-order valence-corrected chi connectivity index (χ2v) is 5.33. The van der Waals surface area contributed by atoms with Gasteiger partial charge in [-0.1, -0.05) is 12.1 Å². The van der Waals surface area contributed by atoms with E-state index in [0.717, 1.165) is 17.7 Å². The number of hydrogen-bond acceptors (Lipinski definition) is 3. The average Bonchev–Trinajstić information content (AvgIpc) is 2.53. The van der Waals surface area contributed by atoms with Gasteiger partial charge in [-0.3, -0.25) is 9.20 Å². The molecule has 2 heterocycles. The van der Waals surface area contributed by atoms with Gasteiger partial charge >= 0.3 is 6.18 Å². The molecule has 0 aliphatic rings. The van der Waals surface area contributed by atoms with Gasteiger partial charge in [0.1, 0.15) is 18.0 Å². The van der Waals surface area contributed by atoms with Crippen LogP contribution >= 0.6 is 0 Å². The van der Waals surface area contributed by atoms with Gasteiger partial charge in [-0.25, -0.2) is 4.98 Å². The normalized spacial score (nSPS) is 11.7. The average molecular weight is 334 g/mol. The van der Waals surface area contributed by atoms with Gasteiger partial charge in [-0.15, -0.1) is 0 Å². The predicted octanol–water partition coefficient (Wildman–Crippen LogP) is 3.60. The van der Waals surface area contributed by atoms with Crippen molar-refractivity contribution in [2.75, 3.05) is 0 Å². The molecule has 2 aromatic heterocycles. The minimum absolute atomic E-state index is 0.0655. The monoisotopic (exact) mass is 334 g/mol. The van der Waals surface area contributed by atoms with Crippen LogP contribution in [0.3, 0.4) is 0 Å². The van der Waals surface area contributed by atoms with Crippen LogP contribution in [0.15, 0.2) is 53.5 Å². The zero-order valence-electron chi connectivity index (χ0n) is 12.7. The summed E-state index contributed by atoms with van der Waals surface area (Å²) < 4.78 is 44.8. The fraction of sp³-hybridized carbons (Fsp3) is 0.176. The quantitative estimate of drug-likeness (QED) is 0.735. The van der Waals surface area contributed by atoms with Crippen molar-refractivity contribution < 1.29 is 17.9 Å². The molecule has 0 atom stereocenters. The van der Waals surface area contributed by atoms with Gasteiger partial charge < -0.3 is 4.74 Å². The Morgan fingerprint density at radius 1 is 1.17 bits per heavy atom. The number of hydrogen-bond donors (Lipinski definition) is 0. The van der Waals surface area contributed by atoms with Crippen LogP contribution in [0.4, 0.5) is 13.2 Å². The van der Waals surface area contributed by atoms with E-state index in [4.69, 9.17) is 4.74 Å². The second kappa shape index (κ2) is 5.99. The summed E-state index contributed by atoms with van der Waals surface area (Å²) >= 11 is 0. The van der Waals surface area contributed by atoms with Gasteiger partial charge in [-0.05, 0) is 36.8 Å². The number of aromatic nitrogens is 2. The van der Waals surface area contributed by atoms with Gasteiger partial charge in [0.2, 0.25) is 0 Å². The zero-order valence-corrected chi connectivity index (χ0v) is 12.7. The fourth-order valence-corrected chi connectivity index (χ4v) is 2.25. The number of pyridine rings is 1. The first-order chi connectivity index (χ1) is 11.3. The summed E-state index contributed by atoms with van der Waals surface area (Å²) in [5, 5.41) is 0. The number of nitrogens with zero attached hydrogens (tertiary/aromatic N) is 2. The van der Waals surface area contributed by atoms with Crippen molar-refractivity contribution >= 4 is 5.65 Å². The Morgan fingerprint density at radius 3 is 2.71 bits per heavy atom.